The van der Waals surface area contributed by atoms with Crippen LogP contribution in [0.25, 0.3) is 5.52 Å². The average Bonchev–Trinajstić information content (AvgIpc) is 2.83. The molecule has 1 spiro atoms. The van der Waals surface area contributed by atoms with Crippen molar-refractivity contribution < 1.29 is 0 Å². The zero-order valence-electron chi connectivity index (χ0n) is 14.8. The minimum atomic E-state index is 0.442. The van der Waals surface area contributed by atoms with Gasteiger partial charge in [0.25, 0.3) is 0 Å². The SMILES string of the molecule is CCCCN(SN)C1CC2(C1)CN(c1ncnn3c(Cl)cc(C)c13)C2. The Bertz CT molecular complexity index is 764. The van der Waals surface area contributed by atoms with Crippen LogP contribution in [0.1, 0.15) is 38.2 Å². The first-order valence-corrected chi connectivity index (χ1v) is 10.2. The predicted molar refractivity (Wildman–Crippen MR) is 104 cm³/mol. The molecule has 0 amide bonds. The molecule has 0 aromatic carbocycles. The van der Waals surface area contributed by atoms with E-state index in [0.717, 1.165) is 36.5 Å². The lowest BCUT2D eigenvalue weighted by molar-refractivity contribution is 0.0167. The second-order valence-electron chi connectivity index (χ2n) is 7.51. The second-order valence-corrected chi connectivity index (χ2v) is 8.58. The minimum Gasteiger partial charge on any atom is -0.354 e. The molecule has 1 aliphatic heterocycles. The number of hydrogen-bond acceptors (Lipinski definition) is 6. The van der Waals surface area contributed by atoms with Crippen LogP contribution in [0.2, 0.25) is 5.15 Å². The molecule has 2 aliphatic rings. The van der Waals surface area contributed by atoms with E-state index in [2.05, 4.69) is 33.1 Å². The molecule has 136 valence electrons. The molecule has 2 N–H and O–H groups in total. The molecule has 1 saturated heterocycles. The third kappa shape index (κ3) is 2.91. The Morgan fingerprint density at radius 3 is 2.88 bits per heavy atom. The van der Waals surface area contributed by atoms with Crippen molar-refractivity contribution in [2.24, 2.45) is 10.6 Å². The molecule has 2 aromatic heterocycles. The van der Waals surface area contributed by atoms with Crippen LogP contribution in [0.3, 0.4) is 0 Å². The maximum absolute atomic E-state index is 6.26. The van der Waals surface area contributed by atoms with E-state index in [9.17, 15) is 0 Å². The fourth-order valence-electron chi connectivity index (χ4n) is 4.34. The molecule has 2 aromatic rings. The maximum atomic E-state index is 6.26. The van der Waals surface area contributed by atoms with Crippen molar-refractivity contribution in [2.75, 3.05) is 24.5 Å². The summed E-state index contributed by atoms with van der Waals surface area (Å²) in [6.45, 7) is 7.51. The number of anilines is 1. The third-order valence-electron chi connectivity index (χ3n) is 5.65. The van der Waals surface area contributed by atoms with E-state index in [0.29, 0.717) is 16.6 Å². The van der Waals surface area contributed by atoms with Gasteiger partial charge in [0.2, 0.25) is 0 Å². The second kappa shape index (κ2) is 6.61. The van der Waals surface area contributed by atoms with Gasteiger partial charge in [0.05, 0.1) is 0 Å². The van der Waals surface area contributed by atoms with Crippen LogP contribution in [0, 0.1) is 12.3 Å². The van der Waals surface area contributed by atoms with Gasteiger partial charge in [-0.1, -0.05) is 24.9 Å². The number of aryl methyl sites for hydroxylation is 1. The lowest BCUT2D eigenvalue weighted by Gasteiger charge is -2.61. The molecule has 8 heteroatoms. The smallest absolute Gasteiger partial charge is 0.156 e. The van der Waals surface area contributed by atoms with Gasteiger partial charge in [0, 0.05) is 43.2 Å². The van der Waals surface area contributed by atoms with Crippen LogP contribution in [0.5, 0.6) is 0 Å². The zero-order valence-corrected chi connectivity index (χ0v) is 16.4. The van der Waals surface area contributed by atoms with E-state index in [1.54, 1.807) is 10.8 Å². The van der Waals surface area contributed by atoms with E-state index < -0.39 is 0 Å². The normalized spacial score (nSPS) is 19.6. The number of nitrogens with two attached hydrogens (primary N) is 1. The average molecular weight is 381 g/mol. The summed E-state index contributed by atoms with van der Waals surface area (Å²) in [7, 11) is 0. The van der Waals surface area contributed by atoms with Gasteiger partial charge in [0.1, 0.15) is 17.0 Å². The number of halogens is 1. The summed E-state index contributed by atoms with van der Waals surface area (Å²) in [5.74, 6) is 1.00. The van der Waals surface area contributed by atoms with Crippen LogP contribution < -0.4 is 10.0 Å². The Balaban J connectivity index is 1.42. The maximum Gasteiger partial charge on any atom is 0.156 e. The van der Waals surface area contributed by atoms with Gasteiger partial charge >= 0.3 is 0 Å². The van der Waals surface area contributed by atoms with Gasteiger partial charge in [-0.05, 0) is 37.8 Å². The highest BCUT2D eigenvalue weighted by Gasteiger charge is 2.54. The first-order valence-electron chi connectivity index (χ1n) is 8.94. The third-order valence-corrected chi connectivity index (χ3v) is 6.67. The fraction of sp³-hybridized carbons (Fsp3) is 0.647. The molecule has 1 saturated carbocycles. The van der Waals surface area contributed by atoms with Crippen LogP contribution in [0.15, 0.2) is 12.4 Å². The number of nitrogens with zero attached hydrogens (tertiary/aromatic N) is 5. The monoisotopic (exact) mass is 380 g/mol. The van der Waals surface area contributed by atoms with Crippen molar-refractivity contribution in [3.8, 4) is 0 Å². The Kier molecular flexibility index (Phi) is 4.60. The lowest BCUT2D eigenvalue weighted by Crippen LogP contribution is -2.66. The molecule has 6 nitrogen and oxygen atoms in total. The Morgan fingerprint density at radius 2 is 2.20 bits per heavy atom. The number of rotatable bonds is 6. The lowest BCUT2D eigenvalue weighted by atomic mass is 9.60. The van der Waals surface area contributed by atoms with Crippen LogP contribution in [-0.4, -0.2) is 44.6 Å². The van der Waals surface area contributed by atoms with Crippen LogP contribution in [-0.2, 0) is 0 Å². The number of aromatic nitrogens is 3. The van der Waals surface area contributed by atoms with Gasteiger partial charge < -0.3 is 4.90 Å². The van der Waals surface area contributed by atoms with Crippen molar-refractivity contribution in [1.82, 2.24) is 18.9 Å². The van der Waals surface area contributed by atoms with E-state index in [4.69, 9.17) is 16.7 Å². The molecule has 1 aliphatic carbocycles. The summed E-state index contributed by atoms with van der Waals surface area (Å²) >= 11 is 7.67. The van der Waals surface area contributed by atoms with Gasteiger partial charge in [-0.2, -0.15) is 5.10 Å². The minimum absolute atomic E-state index is 0.442. The van der Waals surface area contributed by atoms with Crippen LogP contribution >= 0.6 is 23.7 Å². The zero-order chi connectivity index (χ0) is 17.6. The summed E-state index contributed by atoms with van der Waals surface area (Å²) in [6, 6.07) is 2.58. The highest BCUT2D eigenvalue weighted by Crippen LogP contribution is 2.52. The summed E-state index contributed by atoms with van der Waals surface area (Å²) in [5, 5.41) is 10.8. The molecule has 0 atom stereocenters. The first-order chi connectivity index (χ1) is 12.1. The van der Waals surface area contributed by atoms with E-state index >= 15 is 0 Å². The van der Waals surface area contributed by atoms with Gasteiger partial charge in [-0.25, -0.2) is 13.8 Å². The molecule has 0 bridgehead atoms. The molecule has 25 heavy (non-hydrogen) atoms. The van der Waals surface area contributed by atoms with E-state index in [1.807, 2.05) is 6.07 Å². The highest BCUT2D eigenvalue weighted by atomic mass is 35.5. The number of fused-ring (bicyclic) bond motifs is 1. The number of unbranched alkanes of at least 4 members (excludes halogenated alkanes) is 1. The Morgan fingerprint density at radius 1 is 1.44 bits per heavy atom. The largest absolute Gasteiger partial charge is 0.354 e. The molecular formula is C17H25ClN6S. The molecule has 0 radical (unpaired) electrons. The quantitative estimate of drug-likeness (QED) is 0.776. The van der Waals surface area contributed by atoms with Crippen molar-refractivity contribution in [3.63, 3.8) is 0 Å². The summed E-state index contributed by atoms with van der Waals surface area (Å²) in [4.78, 5) is 6.90. The van der Waals surface area contributed by atoms with Gasteiger partial charge in [0.15, 0.2) is 5.82 Å². The standard InChI is InChI=1S/C17H25ClN6S/c1-3-4-5-23(25-19)13-7-17(8-13)9-22(10-17)16-15-12(2)6-14(18)24(15)21-11-20-16/h6,11,13H,3-5,7-10,19H2,1-2H3. The summed E-state index contributed by atoms with van der Waals surface area (Å²) < 4.78 is 4.16. The van der Waals surface area contributed by atoms with Crippen molar-refractivity contribution in [1.29, 1.82) is 0 Å². The van der Waals surface area contributed by atoms with Gasteiger partial charge in [-0.3, -0.25) is 5.14 Å². The topological polar surface area (TPSA) is 62.7 Å². The van der Waals surface area contributed by atoms with Crippen molar-refractivity contribution >= 4 is 35.1 Å². The summed E-state index contributed by atoms with van der Waals surface area (Å²) in [5.41, 5.74) is 2.59. The van der Waals surface area contributed by atoms with Crippen molar-refractivity contribution in [2.45, 2.75) is 45.6 Å². The molecule has 2 fully saturated rings. The summed E-state index contributed by atoms with van der Waals surface area (Å²) in [6.07, 6.45) is 6.50. The Labute approximate surface area is 158 Å². The molecule has 3 heterocycles. The highest BCUT2D eigenvalue weighted by molar-refractivity contribution is 7.94. The first kappa shape index (κ1) is 17.4. The van der Waals surface area contributed by atoms with E-state index in [-0.39, 0.29) is 0 Å². The molecule has 0 unspecified atom stereocenters. The van der Waals surface area contributed by atoms with E-state index in [1.165, 1.54) is 37.8 Å². The van der Waals surface area contributed by atoms with Crippen LogP contribution in [0.4, 0.5) is 5.82 Å². The van der Waals surface area contributed by atoms with Crippen molar-refractivity contribution in [3.05, 3.63) is 23.1 Å². The predicted octanol–water partition coefficient (Wildman–Crippen LogP) is 3.28. The number of hydrogen-bond donors (Lipinski definition) is 1. The Hall–Kier alpha value is -1.02. The molecular weight excluding hydrogens is 356 g/mol. The fourth-order valence-corrected chi connectivity index (χ4v) is 5.19. The van der Waals surface area contributed by atoms with Gasteiger partial charge in [-0.15, -0.1) is 0 Å². The molecule has 4 rings (SSSR count).